The third kappa shape index (κ3) is 3.97. The van der Waals surface area contributed by atoms with Crippen LogP contribution in [0.15, 0.2) is 63.6 Å². The molecule has 0 bridgehead atoms. The predicted molar refractivity (Wildman–Crippen MR) is 91.6 cm³/mol. The van der Waals surface area contributed by atoms with Crippen LogP contribution in [0, 0.1) is 5.82 Å². The summed E-state index contributed by atoms with van der Waals surface area (Å²) in [4.78, 5) is 14.3. The van der Waals surface area contributed by atoms with Crippen molar-refractivity contribution in [3.8, 4) is 11.3 Å². The molecule has 1 aromatic carbocycles. The van der Waals surface area contributed by atoms with Crippen LogP contribution in [0.25, 0.3) is 11.3 Å². The summed E-state index contributed by atoms with van der Waals surface area (Å²) in [5.74, 6) is 0.862. The van der Waals surface area contributed by atoms with Gasteiger partial charge in [-0.05, 0) is 62.6 Å². The van der Waals surface area contributed by atoms with Gasteiger partial charge in [0.15, 0.2) is 5.76 Å². The number of furan rings is 2. The number of nitrogens with one attached hydrogen (secondary N) is 1. The Hall–Kier alpha value is -2.86. The molecule has 1 N–H and O–H groups in total. The largest absolute Gasteiger partial charge is 0.468 e. The molecular formula is C19H19FN2O3. The van der Waals surface area contributed by atoms with Crippen LogP contribution >= 0.6 is 0 Å². The van der Waals surface area contributed by atoms with Crippen LogP contribution in [0.2, 0.25) is 0 Å². The molecule has 0 aliphatic rings. The van der Waals surface area contributed by atoms with E-state index >= 15 is 0 Å². The van der Waals surface area contributed by atoms with Crippen LogP contribution < -0.4 is 5.32 Å². The molecule has 0 saturated carbocycles. The Kier molecular flexibility index (Phi) is 5.00. The van der Waals surface area contributed by atoms with E-state index in [9.17, 15) is 9.18 Å². The van der Waals surface area contributed by atoms with Gasteiger partial charge in [-0.1, -0.05) is 0 Å². The van der Waals surface area contributed by atoms with Gasteiger partial charge in [-0.25, -0.2) is 4.39 Å². The smallest absolute Gasteiger partial charge is 0.287 e. The minimum atomic E-state index is -0.319. The second-order valence-electron chi connectivity index (χ2n) is 5.88. The van der Waals surface area contributed by atoms with Crippen molar-refractivity contribution < 1.29 is 18.0 Å². The number of nitrogens with zero attached hydrogens (tertiary/aromatic N) is 1. The van der Waals surface area contributed by atoms with Crippen LogP contribution in [-0.2, 0) is 0 Å². The van der Waals surface area contributed by atoms with Crippen molar-refractivity contribution in [2.24, 2.45) is 0 Å². The van der Waals surface area contributed by atoms with Gasteiger partial charge < -0.3 is 14.2 Å². The summed E-state index contributed by atoms with van der Waals surface area (Å²) in [5, 5.41) is 2.85. The van der Waals surface area contributed by atoms with Crippen molar-refractivity contribution in [2.45, 2.75) is 6.04 Å². The minimum absolute atomic E-state index is 0.0783. The fraction of sp³-hybridized carbons (Fsp3) is 0.211. The van der Waals surface area contributed by atoms with Gasteiger partial charge in [-0.2, -0.15) is 0 Å². The van der Waals surface area contributed by atoms with Gasteiger partial charge in [0.05, 0.1) is 12.3 Å². The molecule has 0 saturated heterocycles. The van der Waals surface area contributed by atoms with E-state index in [1.165, 1.54) is 12.1 Å². The third-order valence-electron chi connectivity index (χ3n) is 3.91. The number of hydrogen-bond donors (Lipinski definition) is 1. The Bertz CT molecular complexity index is 823. The topological polar surface area (TPSA) is 58.6 Å². The van der Waals surface area contributed by atoms with Gasteiger partial charge in [0, 0.05) is 12.1 Å². The van der Waals surface area contributed by atoms with Crippen molar-refractivity contribution in [1.29, 1.82) is 0 Å². The molecule has 130 valence electrons. The molecule has 1 amide bonds. The maximum absolute atomic E-state index is 13.0. The minimum Gasteiger partial charge on any atom is -0.468 e. The average Bonchev–Trinajstić information content (AvgIpc) is 3.27. The zero-order valence-electron chi connectivity index (χ0n) is 14.0. The lowest BCUT2D eigenvalue weighted by Gasteiger charge is -2.22. The molecule has 3 rings (SSSR count). The van der Waals surface area contributed by atoms with E-state index in [0.717, 1.165) is 5.76 Å². The molecule has 0 aliphatic heterocycles. The highest BCUT2D eigenvalue weighted by Gasteiger charge is 2.19. The van der Waals surface area contributed by atoms with Crippen LogP contribution in [-0.4, -0.2) is 31.4 Å². The van der Waals surface area contributed by atoms with Crippen LogP contribution in [0.4, 0.5) is 4.39 Å². The zero-order chi connectivity index (χ0) is 17.8. The first kappa shape index (κ1) is 17.0. The second kappa shape index (κ2) is 7.36. The summed E-state index contributed by atoms with van der Waals surface area (Å²) >= 11 is 0. The molecule has 0 spiro atoms. The maximum atomic E-state index is 13.0. The first-order chi connectivity index (χ1) is 12.0. The molecule has 5 nitrogen and oxygen atoms in total. The van der Waals surface area contributed by atoms with E-state index in [0.29, 0.717) is 17.9 Å². The first-order valence-corrected chi connectivity index (χ1v) is 7.88. The predicted octanol–water partition coefficient (Wildman–Crippen LogP) is 3.71. The summed E-state index contributed by atoms with van der Waals surface area (Å²) in [6.45, 7) is 0.381. The van der Waals surface area contributed by atoms with E-state index in [1.54, 1.807) is 30.5 Å². The summed E-state index contributed by atoms with van der Waals surface area (Å²) in [7, 11) is 3.83. The van der Waals surface area contributed by atoms with E-state index in [1.807, 2.05) is 31.1 Å². The fourth-order valence-electron chi connectivity index (χ4n) is 2.52. The molecule has 25 heavy (non-hydrogen) atoms. The monoisotopic (exact) mass is 342 g/mol. The van der Waals surface area contributed by atoms with Crippen molar-refractivity contribution in [2.75, 3.05) is 20.6 Å². The quantitative estimate of drug-likeness (QED) is 0.742. The number of halogens is 1. The number of benzene rings is 1. The van der Waals surface area contributed by atoms with Gasteiger partial charge in [-0.15, -0.1) is 0 Å². The normalized spacial score (nSPS) is 12.3. The van der Waals surface area contributed by atoms with Crippen LogP contribution in [0.5, 0.6) is 0 Å². The van der Waals surface area contributed by atoms with Gasteiger partial charge in [0.25, 0.3) is 5.91 Å². The van der Waals surface area contributed by atoms with E-state index < -0.39 is 0 Å². The summed E-state index contributed by atoms with van der Waals surface area (Å²) in [6, 6.07) is 12.8. The summed E-state index contributed by atoms with van der Waals surface area (Å²) in [5.41, 5.74) is 0.710. The molecule has 3 aromatic rings. The Morgan fingerprint density at radius 2 is 1.92 bits per heavy atom. The molecular weight excluding hydrogens is 323 g/mol. The van der Waals surface area contributed by atoms with Gasteiger partial charge >= 0.3 is 0 Å². The maximum Gasteiger partial charge on any atom is 0.287 e. The van der Waals surface area contributed by atoms with Gasteiger partial charge in [0.2, 0.25) is 0 Å². The molecule has 0 radical (unpaired) electrons. The molecule has 0 aliphatic carbocycles. The standard InChI is InChI=1S/C19H19FN2O3/c1-22(2)15(17-4-3-11-24-17)12-21-19(23)18-10-9-16(25-18)13-5-7-14(20)8-6-13/h3-11,15H,12H2,1-2H3,(H,21,23). The van der Waals surface area contributed by atoms with Crippen LogP contribution in [0.3, 0.4) is 0 Å². The number of carbonyl (C=O) groups is 1. The number of carbonyl (C=O) groups excluding carboxylic acids is 1. The highest BCUT2D eigenvalue weighted by molar-refractivity contribution is 5.92. The summed E-state index contributed by atoms with van der Waals surface area (Å²) in [6.07, 6.45) is 1.61. The number of rotatable bonds is 6. The second-order valence-corrected chi connectivity index (χ2v) is 5.88. The lowest BCUT2D eigenvalue weighted by atomic mass is 10.2. The molecule has 2 aromatic heterocycles. The molecule has 6 heteroatoms. The zero-order valence-corrected chi connectivity index (χ0v) is 14.0. The van der Waals surface area contributed by atoms with Crippen molar-refractivity contribution in [3.63, 3.8) is 0 Å². The first-order valence-electron chi connectivity index (χ1n) is 7.88. The van der Waals surface area contributed by atoms with Gasteiger partial charge in [0.1, 0.15) is 17.3 Å². The molecule has 1 unspecified atom stereocenters. The highest BCUT2D eigenvalue weighted by Crippen LogP contribution is 2.23. The lowest BCUT2D eigenvalue weighted by Crippen LogP contribution is -2.34. The average molecular weight is 342 g/mol. The van der Waals surface area contributed by atoms with Crippen molar-refractivity contribution in [1.82, 2.24) is 10.2 Å². The fourth-order valence-corrected chi connectivity index (χ4v) is 2.52. The van der Waals surface area contributed by atoms with E-state index in [-0.39, 0.29) is 23.5 Å². The Balaban J connectivity index is 1.66. The van der Waals surface area contributed by atoms with Crippen molar-refractivity contribution in [3.05, 3.63) is 72.1 Å². The summed E-state index contributed by atoms with van der Waals surface area (Å²) < 4.78 is 24.0. The van der Waals surface area contributed by atoms with Crippen molar-refractivity contribution >= 4 is 5.91 Å². The SMILES string of the molecule is CN(C)C(CNC(=O)c1ccc(-c2ccc(F)cc2)o1)c1ccco1. The highest BCUT2D eigenvalue weighted by atomic mass is 19.1. The van der Waals surface area contributed by atoms with Crippen LogP contribution in [0.1, 0.15) is 22.4 Å². The lowest BCUT2D eigenvalue weighted by molar-refractivity contribution is 0.0912. The van der Waals surface area contributed by atoms with E-state index in [4.69, 9.17) is 8.83 Å². The number of amides is 1. The molecule has 0 fully saturated rings. The molecule has 2 heterocycles. The number of hydrogen-bond acceptors (Lipinski definition) is 4. The van der Waals surface area contributed by atoms with Gasteiger partial charge in [-0.3, -0.25) is 9.69 Å². The number of likely N-dealkylation sites (N-methyl/N-ethyl adjacent to an activating group) is 1. The van der Waals surface area contributed by atoms with E-state index in [2.05, 4.69) is 5.32 Å². The Labute approximate surface area is 145 Å². The Morgan fingerprint density at radius 1 is 1.16 bits per heavy atom. The molecule has 1 atom stereocenters. The third-order valence-corrected chi connectivity index (χ3v) is 3.91. The Morgan fingerprint density at radius 3 is 2.56 bits per heavy atom.